The van der Waals surface area contributed by atoms with Gasteiger partial charge in [0.1, 0.15) is 6.42 Å². The topological polar surface area (TPSA) is 17.1 Å². The van der Waals surface area contributed by atoms with E-state index in [1.165, 1.54) is 12.1 Å². The second-order valence-corrected chi connectivity index (χ2v) is 4.97. The zero-order valence-electron chi connectivity index (χ0n) is 9.71. The van der Waals surface area contributed by atoms with Crippen LogP contribution in [0.2, 0.25) is 0 Å². The third kappa shape index (κ3) is 6.56. The van der Waals surface area contributed by atoms with Crippen LogP contribution in [0.4, 0.5) is 22.0 Å². The number of carbonyl (C=O) groups is 1. The summed E-state index contributed by atoms with van der Waals surface area (Å²) in [4.78, 5) is 11.5. The molecule has 19 heavy (non-hydrogen) atoms. The van der Waals surface area contributed by atoms with Gasteiger partial charge in [-0.05, 0) is 0 Å². The lowest BCUT2D eigenvalue weighted by atomic mass is 10.2. The first-order valence-electron chi connectivity index (χ1n) is 5.36. The Morgan fingerprint density at radius 3 is 2.16 bits per heavy atom. The van der Waals surface area contributed by atoms with Gasteiger partial charge in [-0.2, -0.15) is 13.2 Å². The normalized spacial score (nSPS) is 12.5. The quantitative estimate of drug-likeness (QED) is 0.742. The number of rotatable bonds is 5. The van der Waals surface area contributed by atoms with Gasteiger partial charge in [-0.15, -0.1) is 0 Å². The number of halogens is 5. The molecule has 0 aliphatic carbocycles. The van der Waals surface area contributed by atoms with E-state index >= 15 is 0 Å². The Labute approximate surface area is 111 Å². The molecule has 0 spiro atoms. The molecule has 0 fully saturated rings. The molecule has 0 radical (unpaired) electrons. The first-order valence-corrected chi connectivity index (χ1v) is 6.35. The lowest BCUT2D eigenvalue weighted by Crippen LogP contribution is -2.26. The van der Waals surface area contributed by atoms with Crippen LogP contribution < -0.4 is 0 Å². The smallest absolute Gasteiger partial charge is 0.282 e. The highest BCUT2D eigenvalue weighted by molar-refractivity contribution is 8.14. The highest BCUT2D eigenvalue weighted by atomic mass is 32.2. The standard InChI is InChI=1S/C12H11F5OS/c13-11(14,8-12(15,16)17)6-7-19-10(18)9-4-2-1-3-5-9/h1-5H,6-8H2. The van der Waals surface area contributed by atoms with Gasteiger partial charge in [-0.25, -0.2) is 8.78 Å². The van der Waals surface area contributed by atoms with Crippen molar-refractivity contribution in [2.45, 2.75) is 24.9 Å². The zero-order chi connectivity index (χ0) is 14.5. The minimum Gasteiger partial charge on any atom is -0.282 e. The summed E-state index contributed by atoms with van der Waals surface area (Å²) in [5, 5.41) is -0.427. The molecule has 1 aromatic rings. The second-order valence-electron chi connectivity index (χ2n) is 3.90. The average molecular weight is 298 g/mol. The zero-order valence-corrected chi connectivity index (χ0v) is 10.5. The van der Waals surface area contributed by atoms with Gasteiger partial charge in [-0.1, -0.05) is 42.1 Å². The Morgan fingerprint density at radius 1 is 1.05 bits per heavy atom. The van der Waals surface area contributed by atoms with Gasteiger partial charge in [0.05, 0.1) is 0 Å². The largest absolute Gasteiger partial charge is 0.394 e. The molecule has 0 atom stereocenters. The van der Waals surface area contributed by atoms with E-state index in [1.54, 1.807) is 18.2 Å². The van der Waals surface area contributed by atoms with Crippen molar-refractivity contribution in [1.29, 1.82) is 0 Å². The van der Waals surface area contributed by atoms with E-state index < -0.39 is 30.1 Å². The van der Waals surface area contributed by atoms with E-state index in [2.05, 4.69) is 0 Å². The van der Waals surface area contributed by atoms with Crippen molar-refractivity contribution >= 4 is 16.9 Å². The summed E-state index contributed by atoms with van der Waals surface area (Å²) in [5.41, 5.74) is 0.339. The minimum absolute atomic E-state index is 0.339. The summed E-state index contributed by atoms with van der Waals surface area (Å²) < 4.78 is 61.4. The van der Waals surface area contributed by atoms with Crippen molar-refractivity contribution < 1.29 is 26.7 Å². The third-order valence-electron chi connectivity index (χ3n) is 2.17. The van der Waals surface area contributed by atoms with Crippen molar-refractivity contribution in [2.24, 2.45) is 0 Å². The number of alkyl halides is 5. The number of benzene rings is 1. The fourth-order valence-corrected chi connectivity index (χ4v) is 2.22. The third-order valence-corrected chi connectivity index (χ3v) is 3.08. The highest BCUT2D eigenvalue weighted by Gasteiger charge is 2.43. The van der Waals surface area contributed by atoms with Crippen molar-refractivity contribution in [3.63, 3.8) is 0 Å². The fraction of sp³-hybridized carbons (Fsp3) is 0.417. The van der Waals surface area contributed by atoms with E-state index in [0.717, 1.165) is 0 Å². The Kier molecular flexibility index (Phi) is 5.34. The van der Waals surface area contributed by atoms with Crippen LogP contribution in [0.15, 0.2) is 30.3 Å². The second kappa shape index (κ2) is 6.36. The van der Waals surface area contributed by atoms with E-state index in [4.69, 9.17) is 0 Å². The summed E-state index contributed by atoms with van der Waals surface area (Å²) in [6.45, 7) is 0. The first-order chi connectivity index (χ1) is 8.70. The predicted molar refractivity (Wildman–Crippen MR) is 63.5 cm³/mol. The Morgan fingerprint density at radius 2 is 1.63 bits per heavy atom. The SMILES string of the molecule is O=C(SCCC(F)(F)CC(F)(F)F)c1ccccc1. The number of hydrogen-bond acceptors (Lipinski definition) is 2. The van der Waals surface area contributed by atoms with Gasteiger partial charge in [0.15, 0.2) is 0 Å². The van der Waals surface area contributed by atoms with Crippen LogP contribution in [-0.4, -0.2) is 23.0 Å². The van der Waals surface area contributed by atoms with Gasteiger partial charge >= 0.3 is 6.18 Å². The van der Waals surface area contributed by atoms with Gasteiger partial charge in [0, 0.05) is 17.7 Å². The Bertz CT molecular complexity index is 416. The molecule has 0 aromatic heterocycles. The van der Waals surface area contributed by atoms with Crippen LogP contribution >= 0.6 is 11.8 Å². The van der Waals surface area contributed by atoms with Crippen LogP contribution in [-0.2, 0) is 0 Å². The van der Waals surface area contributed by atoms with Crippen molar-refractivity contribution in [2.75, 3.05) is 5.75 Å². The van der Waals surface area contributed by atoms with Crippen molar-refractivity contribution in [3.05, 3.63) is 35.9 Å². The molecular weight excluding hydrogens is 287 g/mol. The molecule has 1 rings (SSSR count). The van der Waals surface area contributed by atoms with Crippen LogP contribution in [0.3, 0.4) is 0 Å². The molecule has 106 valence electrons. The molecule has 1 nitrogen and oxygen atoms in total. The summed E-state index contributed by atoms with van der Waals surface area (Å²) in [6, 6.07) is 7.96. The predicted octanol–water partition coefficient (Wildman–Crippen LogP) is 4.54. The molecule has 0 heterocycles. The summed E-state index contributed by atoms with van der Waals surface area (Å²) in [6.07, 6.45) is -8.03. The monoisotopic (exact) mass is 298 g/mol. The maximum Gasteiger partial charge on any atom is 0.394 e. The van der Waals surface area contributed by atoms with Crippen LogP contribution in [0.1, 0.15) is 23.2 Å². The maximum atomic E-state index is 12.9. The average Bonchev–Trinajstić information content (AvgIpc) is 2.26. The van der Waals surface area contributed by atoms with Gasteiger partial charge in [-0.3, -0.25) is 4.79 Å². The van der Waals surface area contributed by atoms with Gasteiger partial charge < -0.3 is 0 Å². The number of carbonyl (C=O) groups excluding carboxylic acids is 1. The summed E-state index contributed by atoms with van der Waals surface area (Å²) >= 11 is 0.596. The summed E-state index contributed by atoms with van der Waals surface area (Å²) in [5.74, 6) is -4.18. The number of thioether (sulfide) groups is 1. The molecule has 0 N–H and O–H groups in total. The van der Waals surface area contributed by atoms with Gasteiger partial charge in [0.25, 0.3) is 5.92 Å². The molecule has 0 saturated heterocycles. The lowest BCUT2D eigenvalue weighted by Gasteiger charge is -2.17. The molecule has 7 heteroatoms. The van der Waals surface area contributed by atoms with Crippen molar-refractivity contribution in [1.82, 2.24) is 0 Å². The molecule has 0 bridgehead atoms. The van der Waals surface area contributed by atoms with E-state index in [1.807, 2.05) is 0 Å². The highest BCUT2D eigenvalue weighted by Crippen LogP contribution is 2.34. The fourth-order valence-electron chi connectivity index (χ4n) is 1.33. The summed E-state index contributed by atoms with van der Waals surface area (Å²) in [7, 11) is 0. The molecule has 0 amide bonds. The van der Waals surface area contributed by atoms with E-state index in [-0.39, 0.29) is 5.75 Å². The Hall–Kier alpha value is -1.11. The molecule has 0 aliphatic rings. The molecule has 0 aliphatic heterocycles. The van der Waals surface area contributed by atoms with Crippen LogP contribution in [0.25, 0.3) is 0 Å². The van der Waals surface area contributed by atoms with Crippen LogP contribution in [0, 0.1) is 0 Å². The van der Waals surface area contributed by atoms with E-state index in [9.17, 15) is 26.7 Å². The Balaban J connectivity index is 2.40. The first kappa shape index (κ1) is 15.9. The molecule has 0 saturated carbocycles. The van der Waals surface area contributed by atoms with Crippen LogP contribution in [0.5, 0.6) is 0 Å². The molecular formula is C12H11F5OS. The van der Waals surface area contributed by atoms with E-state index in [0.29, 0.717) is 17.3 Å². The lowest BCUT2D eigenvalue weighted by molar-refractivity contribution is -0.187. The van der Waals surface area contributed by atoms with Gasteiger partial charge in [0.2, 0.25) is 5.12 Å². The molecule has 1 aromatic carbocycles. The maximum absolute atomic E-state index is 12.9. The van der Waals surface area contributed by atoms with Crippen molar-refractivity contribution in [3.8, 4) is 0 Å². The molecule has 0 unspecified atom stereocenters. The number of hydrogen-bond donors (Lipinski definition) is 0. The minimum atomic E-state index is -4.91.